The topological polar surface area (TPSA) is 39.2 Å². The average molecular weight is 444 g/mol. The minimum absolute atomic E-state index is 0.491. The number of fused-ring (bicyclic) bond motifs is 3. The number of allylic oxidation sites excluding steroid dienone is 4. The Balaban J connectivity index is 1.53. The highest BCUT2D eigenvalue weighted by Crippen LogP contribution is 2.35. The minimum Gasteiger partial charge on any atom is -0.456 e. The zero-order valence-electron chi connectivity index (χ0n) is 19.7. The summed E-state index contributed by atoms with van der Waals surface area (Å²) in [4.78, 5) is 0. The van der Waals surface area contributed by atoms with Gasteiger partial charge in [0.25, 0.3) is 0 Å². The second kappa shape index (κ2) is 9.54. The molecule has 0 aliphatic carbocycles. The summed E-state index contributed by atoms with van der Waals surface area (Å²) < 4.78 is 6.08. The van der Waals surface area contributed by atoms with E-state index in [2.05, 4.69) is 105 Å². The molecule has 0 unspecified atom stereocenters. The Morgan fingerprint density at radius 3 is 2.24 bits per heavy atom. The van der Waals surface area contributed by atoms with Crippen molar-refractivity contribution >= 4 is 27.5 Å². The van der Waals surface area contributed by atoms with Crippen molar-refractivity contribution < 1.29 is 4.42 Å². The van der Waals surface area contributed by atoms with Gasteiger partial charge in [-0.2, -0.15) is 0 Å². The number of hydrogen-bond acceptors (Lipinski definition) is 2. The third kappa shape index (κ3) is 4.09. The van der Waals surface area contributed by atoms with Gasteiger partial charge in [-0.15, -0.1) is 0 Å². The fraction of sp³-hybridized carbons (Fsp3) is 0.125. The van der Waals surface area contributed by atoms with Crippen LogP contribution in [0.1, 0.15) is 31.4 Å². The third-order valence-corrected chi connectivity index (χ3v) is 6.32. The Morgan fingerprint density at radius 1 is 0.794 bits per heavy atom. The van der Waals surface area contributed by atoms with Crippen LogP contribution >= 0.6 is 0 Å². The molecule has 2 nitrogen and oxygen atoms in total. The molecule has 0 bridgehead atoms. The average Bonchev–Trinajstić information content (AvgIpc) is 3.27. The number of rotatable bonds is 6. The second-order valence-electron chi connectivity index (χ2n) is 8.53. The van der Waals surface area contributed by atoms with Crippen LogP contribution in [0.4, 0.5) is 0 Å². The number of hydrogen-bond donors (Lipinski definition) is 1. The van der Waals surface area contributed by atoms with Crippen LogP contribution in [-0.2, 0) is 6.54 Å². The lowest BCUT2D eigenvalue weighted by molar-refractivity contribution is 0.668. The molecule has 2 N–H and O–H groups in total. The molecule has 0 aliphatic heterocycles. The lowest BCUT2D eigenvalue weighted by Gasteiger charge is -2.09. The summed E-state index contributed by atoms with van der Waals surface area (Å²) in [5.74, 6) is 0. The van der Waals surface area contributed by atoms with Crippen molar-refractivity contribution in [3.8, 4) is 22.3 Å². The normalized spacial score (nSPS) is 12.3. The van der Waals surface area contributed by atoms with Gasteiger partial charge < -0.3 is 10.2 Å². The van der Waals surface area contributed by atoms with E-state index in [0.29, 0.717) is 6.54 Å². The molecule has 4 aromatic carbocycles. The van der Waals surface area contributed by atoms with Crippen LogP contribution in [-0.4, -0.2) is 0 Å². The highest BCUT2D eigenvalue weighted by Gasteiger charge is 2.12. The SMILES string of the molecule is C/C=C\C(=C/CC)c1ccc(-c2cccc(-c3ccc4oc5cccc(CN)c5c4c3)c2)cc1. The van der Waals surface area contributed by atoms with Gasteiger partial charge in [0.1, 0.15) is 11.2 Å². The van der Waals surface area contributed by atoms with E-state index in [0.717, 1.165) is 33.9 Å². The molecular formula is C32H29NO. The first-order chi connectivity index (χ1) is 16.7. The molecular weight excluding hydrogens is 414 g/mol. The van der Waals surface area contributed by atoms with E-state index in [4.69, 9.17) is 10.2 Å². The summed E-state index contributed by atoms with van der Waals surface area (Å²) in [6.45, 7) is 4.72. The van der Waals surface area contributed by atoms with E-state index in [1.54, 1.807) is 0 Å². The molecule has 0 spiro atoms. The molecule has 5 aromatic rings. The third-order valence-electron chi connectivity index (χ3n) is 6.32. The zero-order chi connectivity index (χ0) is 23.5. The minimum atomic E-state index is 0.491. The summed E-state index contributed by atoms with van der Waals surface area (Å²) >= 11 is 0. The monoisotopic (exact) mass is 443 g/mol. The van der Waals surface area contributed by atoms with Gasteiger partial charge in [-0.1, -0.05) is 85.8 Å². The smallest absolute Gasteiger partial charge is 0.135 e. The molecule has 1 aromatic heterocycles. The maximum atomic E-state index is 6.08. The van der Waals surface area contributed by atoms with E-state index in [-0.39, 0.29) is 0 Å². The molecule has 0 amide bonds. The fourth-order valence-electron chi connectivity index (χ4n) is 4.66. The molecule has 0 radical (unpaired) electrons. The number of nitrogens with two attached hydrogens (primary N) is 1. The van der Waals surface area contributed by atoms with Crippen LogP contribution < -0.4 is 5.73 Å². The van der Waals surface area contributed by atoms with Gasteiger partial charge in [0.05, 0.1) is 0 Å². The first-order valence-corrected chi connectivity index (χ1v) is 11.9. The van der Waals surface area contributed by atoms with E-state index in [1.807, 2.05) is 12.1 Å². The standard InChI is InChI=1S/C32H29NO/c1-3-7-22(8-4-2)23-13-15-24(16-14-23)25-9-5-10-26(19-25)27-17-18-30-29(20-27)32-28(21-33)11-6-12-31(32)34-30/h3,5-20H,4,21,33H2,1-2H3/b7-3-,22-8+. The summed E-state index contributed by atoms with van der Waals surface area (Å²) in [6.07, 6.45) is 7.55. The lowest BCUT2D eigenvalue weighted by Crippen LogP contribution is -1.96. The van der Waals surface area contributed by atoms with Gasteiger partial charge in [-0.25, -0.2) is 0 Å². The van der Waals surface area contributed by atoms with Crippen LogP contribution in [0.5, 0.6) is 0 Å². The molecule has 5 rings (SSSR count). The Labute approximate surface area is 201 Å². The summed E-state index contributed by atoms with van der Waals surface area (Å²) in [5, 5.41) is 2.23. The van der Waals surface area contributed by atoms with Crippen LogP contribution in [0.2, 0.25) is 0 Å². The Morgan fingerprint density at radius 2 is 1.50 bits per heavy atom. The van der Waals surface area contributed by atoms with Crippen LogP contribution in [0.25, 0.3) is 49.8 Å². The molecule has 2 heteroatoms. The van der Waals surface area contributed by atoms with E-state index in [9.17, 15) is 0 Å². The van der Waals surface area contributed by atoms with Crippen molar-refractivity contribution in [2.24, 2.45) is 5.73 Å². The Bertz CT molecular complexity index is 1520. The molecule has 168 valence electrons. The van der Waals surface area contributed by atoms with Gasteiger partial charge in [-0.3, -0.25) is 0 Å². The van der Waals surface area contributed by atoms with Crippen LogP contribution in [0, 0.1) is 0 Å². The van der Waals surface area contributed by atoms with Crippen molar-refractivity contribution in [1.29, 1.82) is 0 Å². The fourth-order valence-corrected chi connectivity index (χ4v) is 4.66. The van der Waals surface area contributed by atoms with Crippen molar-refractivity contribution in [1.82, 2.24) is 0 Å². The Hall–Kier alpha value is -3.88. The summed E-state index contributed by atoms with van der Waals surface area (Å²) in [5.41, 5.74) is 16.2. The number of furan rings is 1. The quantitative estimate of drug-likeness (QED) is 0.266. The highest BCUT2D eigenvalue weighted by molar-refractivity contribution is 6.08. The van der Waals surface area contributed by atoms with Gasteiger partial charge >= 0.3 is 0 Å². The maximum Gasteiger partial charge on any atom is 0.135 e. The van der Waals surface area contributed by atoms with Crippen LogP contribution in [0.15, 0.2) is 108 Å². The van der Waals surface area contributed by atoms with Gasteiger partial charge in [-0.05, 0) is 76.6 Å². The molecule has 34 heavy (non-hydrogen) atoms. The Kier molecular flexibility index (Phi) is 6.16. The first kappa shape index (κ1) is 21.9. The van der Waals surface area contributed by atoms with Gasteiger partial charge in [0.2, 0.25) is 0 Å². The van der Waals surface area contributed by atoms with Crippen molar-refractivity contribution in [2.45, 2.75) is 26.8 Å². The van der Waals surface area contributed by atoms with Crippen molar-refractivity contribution in [2.75, 3.05) is 0 Å². The summed E-state index contributed by atoms with van der Waals surface area (Å²) in [7, 11) is 0. The molecule has 0 fully saturated rings. The molecule has 0 saturated carbocycles. The zero-order valence-corrected chi connectivity index (χ0v) is 19.7. The van der Waals surface area contributed by atoms with Crippen molar-refractivity contribution in [3.05, 3.63) is 114 Å². The maximum absolute atomic E-state index is 6.08. The molecule has 1 heterocycles. The first-order valence-electron chi connectivity index (χ1n) is 11.9. The lowest BCUT2D eigenvalue weighted by atomic mass is 9.96. The predicted molar refractivity (Wildman–Crippen MR) is 146 cm³/mol. The van der Waals surface area contributed by atoms with Crippen molar-refractivity contribution in [3.63, 3.8) is 0 Å². The van der Waals surface area contributed by atoms with E-state index < -0.39 is 0 Å². The van der Waals surface area contributed by atoms with Crippen LogP contribution in [0.3, 0.4) is 0 Å². The molecule has 0 saturated heterocycles. The molecule has 0 aliphatic rings. The second-order valence-corrected chi connectivity index (χ2v) is 8.53. The highest BCUT2D eigenvalue weighted by atomic mass is 16.3. The predicted octanol–water partition coefficient (Wildman–Crippen LogP) is 8.75. The van der Waals surface area contributed by atoms with E-state index >= 15 is 0 Å². The number of benzene rings is 4. The molecule has 0 atom stereocenters. The largest absolute Gasteiger partial charge is 0.456 e. The van der Waals surface area contributed by atoms with E-state index in [1.165, 1.54) is 33.4 Å². The van der Waals surface area contributed by atoms with Gasteiger partial charge in [0, 0.05) is 17.3 Å². The summed E-state index contributed by atoms with van der Waals surface area (Å²) in [6, 6.07) is 30.1. The van der Waals surface area contributed by atoms with Gasteiger partial charge in [0.15, 0.2) is 0 Å².